The fourth-order valence-corrected chi connectivity index (χ4v) is 6.03. The van der Waals surface area contributed by atoms with Gasteiger partial charge in [-0.2, -0.15) is 0 Å². The third-order valence-electron chi connectivity index (χ3n) is 5.79. The molecule has 1 N–H and O–H groups in total. The summed E-state index contributed by atoms with van der Waals surface area (Å²) in [5.74, 6) is 0.125. The van der Waals surface area contributed by atoms with Crippen LogP contribution in [0.4, 0.5) is 0 Å². The third-order valence-corrected chi connectivity index (χ3v) is 7.06. The van der Waals surface area contributed by atoms with Crippen molar-refractivity contribution in [1.29, 1.82) is 0 Å². The molecule has 0 saturated carbocycles. The van der Waals surface area contributed by atoms with Crippen LogP contribution < -0.4 is 0 Å². The molecule has 2 aromatic rings. The van der Waals surface area contributed by atoms with Crippen molar-refractivity contribution in [3.63, 3.8) is 0 Å². The van der Waals surface area contributed by atoms with E-state index < -0.39 is 5.60 Å². The van der Waals surface area contributed by atoms with Crippen LogP contribution in [-0.2, 0) is 18.4 Å². The number of rotatable bonds is 1. The van der Waals surface area contributed by atoms with Crippen LogP contribution in [0.3, 0.4) is 0 Å². The highest BCUT2D eigenvalue weighted by atomic mass is 79.9. The lowest BCUT2D eigenvalue weighted by Crippen LogP contribution is -2.44. The van der Waals surface area contributed by atoms with Gasteiger partial charge in [-0.3, -0.25) is 4.98 Å². The van der Waals surface area contributed by atoms with Gasteiger partial charge in [0.15, 0.2) is 0 Å². The highest BCUT2D eigenvalue weighted by Crippen LogP contribution is 2.48. The standard InChI is InChI=1S/C20H21Br2ClN2O/c1-25-6-4-14(5-7-25)20(26)18-12(9-16(23)10-17(18)22)2-3-13-8-15(21)11-24-19(13)20/h8-11,14,26H,2-7H2,1H3. The van der Waals surface area contributed by atoms with Gasteiger partial charge in [-0.05, 0) is 91.1 Å². The minimum atomic E-state index is -1.10. The van der Waals surface area contributed by atoms with E-state index in [1.165, 1.54) is 0 Å². The van der Waals surface area contributed by atoms with Gasteiger partial charge in [0.1, 0.15) is 5.60 Å². The molecule has 1 atom stereocenters. The predicted octanol–water partition coefficient (Wildman–Crippen LogP) is 4.94. The fraction of sp³-hybridized carbons (Fsp3) is 0.450. The van der Waals surface area contributed by atoms with E-state index in [9.17, 15) is 5.11 Å². The first-order valence-electron chi connectivity index (χ1n) is 8.94. The molecule has 1 fully saturated rings. The molecule has 138 valence electrons. The molecule has 1 aliphatic heterocycles. The summed E-state index contributed by atoms with van der Waals surface area (Å²) < 4.78 is 1.82. The second-order valence-corrected chi connectivity index (χ2v) is 9.63. The molecular weight excluding hydrogens is 479 g/mol. The zero-order chi connectivity index (χ0) is 18.5. The number of hydrogen-bond acceptors (Lipinski definition) is 3. The average Bonchev–Trinajstić information content (AvgIpc) is 2.71. The molecule has 2 aliphatic rings. The van der Waals surface area contributed by atoms with Crippen molar-refractivity contribution in [2.45, 2.75) is 31.3 Å². The number of aryl methyl sites for hydroxylation is 2. The Morgan fingerprint density at radius 3 is 2.58 bits per heavy atom. The fourth-order valence-electron chi connectivity index (χ4n) is 4.48. The summed E-state index contributed by atoms with van der Waals surface area (Å²) in [5, 5.41) is 13.0. The van der Waals surface area contributed by atoms with Crippen molar-refractivity contribution < 1.29 is 5.11 Å². The van der Waals surface area contributed by atoms with E-state index in [-0.39, 0.29) is 5.92 Å². The van der Waals surface area contributed by atoms with Crippen LogP contribution in [0.15, 0.2) is 33.3 Å². The maximum atomic E-state index is 12.3. The largest absolute Gasteiger partial charge is 0.378 e. The molecule has 1 aromatic heterocycles. The summed E-state index contributed by atoms with van der Waals surface area (Å²) in [6, 6.07) is 6.00. The SMILES string of the molecule is CN1CCC(C2(O)c3ncc(Br)cc3CCc3cc(Cl)cc(Br)c32)CC1. The van der Waals surface area contributed by atoms with Crippen LogP contribution in [0.5, 0.6) is 0 Å². The molecule has 1 unspecified atom stereocenters. The van der Waals surface area contributed by atoms with E-state index in [1.807, 2.05) is 12.1 Å². The summed E-state index contributed by atoms with van der Waals surface area (Å²) in [6.45, 7) is 1.97. The molecule has 3 nitrogen and oxygen atoms in total. The molecule has 1 aliphatic carbocycles. The van der Waals surface area contributed by atoms with E-state index in [0.717, 1.165) is 70.1 Å². The molecule has 1 aromatic carbocycles. The molecule has 4 rings (SSSR count). The number of pyridine rings is 1. The Balaban J connectivity index is 1.95. The van der Waals surface area contributed by atoms with Crippen molar-refractivity contribution >= 4 is 43.5 Å². The Morgan fingerprint density at radius 2 is 1.85 bits per heavy atom. The maximum Gasteiger partial charge on any atom is 0.136 e. The van der Waals surface area contributed by atoms with Crippen LogP contribution in [-0.4, -0.2) is 35.1 Å². The summed E-state index contributed by atoms with van der Waals surface area (Å²) in [7, 11) is 2.14. The first-order valence-corrected chi connectivity index (χ1v) is 10.9. The van der Waals surface area contributed by atoms with Crippen molar-refractivity contribution in [2.75, 3.05) is 20.1 Å². The van der Waals surface area contributed by atoms with Gasteiger partial charge < -0.3 is 10.0 Å². The number of nitrogens with zero attached hydrogens (tertiary/aromatic N) is 2. The number of fused-ring (bicyclic) bond motifs is 2. The number of piperidine rings is 1. The van der Waals surface area contributed by atoms with Crippen LogP contribution in [0.25, 0.3) is 0 Å². The van der Waals surface area contributed by atoms with Gasteiger partial charge in [-0.1, -0.05) is 27.5 Å². The zero-order valence-corrected chi connectivity index (χ0v) is 18.5. The minimum Gasteiger partial charge on any atom is -0.378 e. The second kappa shape index (κ2) is 7.17. The second-order valence-electron chi connectivity index (χ2n) is 7.43. The molecule has 0 bridgehead atoms. The summed E-state index contributed by atoms with van der Waals surface area (Å²) in [5.41, 5.74) is 2.87. The molecule has 2 heterocycles. The number of aliphatic hydroxyl groups is 1. The first kappa shape index (κ1) is 18.9. The first-order chi connectivity index (χ1) is 12.4. The number of benzene rings is 1. The summed E-state index contributed by atoms with van der Waals surface area (Å²) >= 11 is 13.6. The Kier molecular flexibility index (Phi) is 5.21. The van der Waals surface area contributed by atoms with E-state index in [2.05, 4.69) is 49.9 Å². The van der Waals surface area contributed by atoms with Crippen molar-refractivity contribution in [3.8, 4) is 0 Å². The Hall–Kier alpha value is -0.460. The lowest BCUT2D eigenvalue weighted by Gasteiger charge is -2.42. The number of aromatic nitrogens is 1. The predicted molar refractivity (Wildman–Crippen MR) is 112 cm³/mol. The molecule has 26 heavy (non-hydrogen) atoms. The van der Waals surface area contributed by atoms with Gasteiger partial charge in [0.05, 0.1) is 5.69 Å². The van der Waals surface area contributed by atoms with Crippen LogP contribution in [0.2, 0.25) is 5.02 Å². The Bertz CT molecular complexity index is 852. The zero-order valence-electron chi connectivity index (χ0n) is 14.6. The minimum absolute atomic E-state index is 0.125. The van der Waals surface area contributed by atoms with Gasteiger partial charge in [-0.15, -0.1) is 0 Å². The van der Waals surface area contributed by atoms with Gasteiger partial charge >= 0.3 is 0 Å². The van der Waals surface area contributed by atoms with Crippen molar-refractivity contribution in [3.05, 3.63) is 60.7 Å². The molecule has 6 heteroatoms. The average molecular weight is 501 g/mol. The normalized spacial score (nSPS) is 24.0. The Morgan fingerprint density at radius 1 is 1.15 bits per heavy atom. The molecule has 0 radical (unpaired) electrons. The van der Waals surface area contributed by atoms with Gasteiger partial charge in [-0.25, -0.2) is 0 Å². The van der Waals surface area contributed by atoms with Crippen molar-refractivity contribution in [2.24, 2.45) is 5.92 Å². The third kappa shape index (κ3) is 3.16. The lowest BCUT2D eigenvalue weighted by atomic mass is 9.72. The number of halogens is 3. The van der Waals surface area contributed by atoms with E-state index in [1.54, 1.807) is 6.20 Å². The number of likely N-dealkylation sites (tertiary alicyclic amines) is 1. The Labute approximate surface area is 176 Å². The van der Waals surface area contributed by atoms with E-state index in [0.29, 0.717) is 5.02 Å². The number of hydrogen-bond donors (Lipinski definition) is 1. The van der Waals surface area contributed by atoms with Gasteiger partial charge in [0.2, 0.25) is 0 Å². The van der Waals surface area contributed by atoms with Crippen LogP contribution in [0, 0.1) is 5.92 Å². The summed E-state index contributed by atoms with van der Waals surface area (Å²) in [6.07, 6.45) is 5.37. The molecule has 0 amide bonds. The van der Waals surface area contributed by atoms with E-state index in [4.69, 9.17) is 16.6 Å². The molecule has 0 spiro atoms. The van der Waals surface area contributed by atoms with E-state index >= 15 is 0 Å². The maximum absolute atomic E-state index is 12.3. The van der Waals surface area contributed by atoms with Crippen LogP contribution >= 0.6 is 43.5 Å². The monoisotopic (exact) mass is 498 g/mol. The van der Waals surface area contributed by atoms with Crippen LogP contribution in [0.1, 0.15) is 35.2 Å². The molecular formula is C20H21Br2ClN2O. The van der Waals surface area contributed by atoms with Crippen molar-refractivity contribution in [1.82, 2.24) is 9.88 Å². The highest BCUT2D eigenvalue weighted by molar-refractivity contribution is 9.10. The summed E-state index contributed by atoms with van der Waals surface area (Å²) in [4.78, 5) is 7.05. The lowest BCUT2D eigenvalue weighted by molar-refractivity contribution is -0.0153. The topological polar surface area (TPSA) is 36.4 Å². The quantitative estimate of drug-likeness (QED) is 0.603. The smallest absolute Gasteiger partial charge is 0.136 e. The van der Waals surface area contributed by atoms with Gasteiger partial charge in [0, 0.05) is 31.6 Å². The van der Waals surface area contributed by atoms with Gasteiger partial charge in [0.25, 0.3) is 0 Å². The highest BCUT2D eigenvalue weighted by Gasteiger charge is 2.47. The molecule has 1 saturated heterocycles.